The molecule has 76 valence electrons. The first kappa shape index (κ1) is 10.8. The van der Waals surface area contributed by atoms with Gasteiger partial charge in [0.15, 0.2) is 0 Å². The van der Waals surface area contributed by atoms with Crippen molar-refractivity contribution in [3.8, 4) is 0 Å². The average molecular weight is 204 g/mol. The SMILES string of the molecule is CC(C)C(CCCl)NC(=O)C1CC1. The van der Waals surface area contributed by atoms with Crippen molar-refractivity contribution in [2.75, 3.05) is 5.88 Å². The minimum atomic E-state index is 0.226. The maximum absolute atomic E-state index is 11.4. The quantitative estimate of drug-likeness (QED) is 0.682. The predicted molar refractivity (Wildman–Crippen MR) is 54.8 cm³/mol. The van der Waals surface area contributed by atoms with Crippen molar-refractivity contribution >= 4 is 17.5 Å². The molecular formula is C10H18ClNO. The number of nitrogens with one attached hydrogen (secondary N) is 1. The molecule has 1 saturated carbocycles. The Morgan fingerprint density at radius 1 is 1.54 bits per heavy atom. The van der Waals surface area contributed by atoms with E-state index in [1.807, 2.05) is 0 Å². The van der Waals surface area contributed by atoms with Gasteiger partial charge >= 0.3 is 0 Å². The Balaban J connectivity index is 2.31. The summed E-state index contributed by atoms with van der Waals surface area (Å²) in [6.07, 6.45) is 3.01. The van der Waals surface area contributed by atoms with E-state index in [1.165, 1.54) is 0 Å². The van der Waals surface area contributed by atoms with Crippen LogP contribution in [0.4, 0.5) is 0 Å². The molecule has 1 N–H and O–H groups in total. The first-order valence-corrected chi connectivity index (χ1v) is 5.55. The summed E-state index contributed by atoms with van der Waals surface area (Å²) in [5.41, 5.74) is 0. The Kier molecular flexibility index (Phi) is 4.04. The topological polar surface area (TPSA) is 29.1 Å². The second-order valence-corrected chi connectivity index (χ2v) is 4.49. The van der Waals surface area contributed by atoms with Crippen LogP contribution in [0.2, 0.25) is 0 Å². The molecule has 1 unspecified atom stereocenters. The number of rotatable bonds is 5. The van der Waals surface area contributed by atoms with Crippen molar-refractivity contribution < 1.29 is 4.79 Å². The van der Waals surface area contributed by atoms with Crippen molar-refractivity contribution in [2.45, 2.75) is 39.2 Å². The molecule has 1 atom stereocenters. The lowest BCUT2D eigenvalue weighted by Gasteiger charge is -2.21. The van der Waals surface area contributed by atoms with Crippen LogP contribution in [0, 0.1) is 11.8 Å². The van der Waals surface area contributed by atoms with Crippen LogP contribution in [0.5, 0.6) is 0 Å². The number of carbonyl (C=O) groups is 1. The zero-order valence-corrected chi connectivity index (χ0v) is 9.10. The van der Waals surface area contributed by atoms with Gasteiger partial charge in [-0.3, -0.25) is 4.79 Å². The summed E-state index contributed by atoms with van der Waals surface area (Å²) < 4.78 is 0. The molecule has 0 aromatic heterocycles. The molecule has 2 nitrogen and oxygen atoms in total. The number of amides is 1. The monoisotopic (exact) mass is 203 g/mol. The fraction of sp³-hybridized carbons (Fsp3) is 0.900. The maximum Gasteiger partial charge on any atom is 0.223 e. The van der Waals surface area contributed by atoms with E-state index in [4.69, 9.17) is 11.6 Å². The van der Waals surface area contributed by atoms with E-state index in [0.717, 1.165) is 19.3 Å². The molecule has 1 aliphatic carbocycles. The molecule has 0 aromatic carbocycles. The first-order valence-electron chi connectivity index (χ1n) is 5.01. The lowest BCUT2D eigenvalue weighted by molar-refractivity contribution is -0.123. The van der Waals surface area contributed by atoms with Gasteiger partial charge in [0.1, 0.15) is 0 Å². The standard InChI is InChI=1S/C10H18ClNO/c1-7(2)9(5-6-11)12-10(13)8-3-4-8/h7-9H,3-6H2,1-2H3,(H,12,13). The Hall–Kier alpha value is -0.240. The van der Waals surface area contributed by atoms with E-state index >= 15 is 0 Å². The van der Waals surface area contributed by atoms with E-state index < -0.39 is 0 Å². The van der Waals surface area contributed by atoms with E-state index in [-0.39, 0.29) is 11.9 Å². The predicted octanol–water partition coefficient (Wildman–Crippen LogP) is 2.17. The molecule has 1 amide bonds. The van der Waals surface area contributed by atoms with Crippen molar-refractivity contribution in [1.82, 2.24) is 5.32 Å². The number of carbonyl (C=O) groups excluding carboxylic acids is 1. The van der Waals surface area contributed by atoms with Crippen LogP contribution in [0.25, 0.3) is 0 Å². The molecule has 0 bridgehead atoms. The molecular weight excluding hydrogens is 186 g/mol. The lowest BCUT2D eigenvalue weighted by Crippen LogP contribution is -2.39. The molecule has 1 rings (SSSR count). The van der Waals surface area contributed by atoms with Gasteiger partial charge in [-0.2, -0.15) is 0 Å². The Morgan fingerprint density at radius 3 is 2.54 bits per heavy atom. The van der Waals surface area contributed by atoms with Gasteiger partial charge in [-0.15, -0.1) is 11.6 Å². The second kappa shape index (κ2) is 4.85. The third-order valence-corrected chi connectivity index (χ3v) is 2.72. The van der Waals surface area contributed by atoms with E-state index in [0.29, 0.717) is 17.7 Å². The summed E-state index contributed by atoms with van der Waals surface area (Å²) >= 11 is 5.67. The highest BCUT2D eigenvalue weighted by Gasteiger charge is 2.31. The van der Waals surface area contributed by atoms with Gasteiger partial charge in [-0.05, 0) is 25.2 Å². The smallest absolute Gasteiger partial charge is 0.223 e. The maximum atomic E-state index is 11.4. The summed E-state index contributed by atoms with van der Waals surface area (Å²) in [7, 11) is 0. The number of hydrogen-bond donors (Lipinski definition) is 1. The van der Waals surface area contributed by atoms with Crippen molar-refractivity contribution in [3.63, 3.8) is 0 Å². The molecule has 0 aliphatic heterocycles. The van der Waals surface area contributed by atoms with Crippen LogP contribution in [-0.2, 0) is 4.79 Å². The Labute approximate surface area is 85.0 Å². The molecule has 13 heavy (non-hydrogen) atoms. The van der Waals surface area contributed by atoms with Crippen LogP contribution in [0.3, 0.4) is 0 Å². The van der Waals surface area contributed by atoms with Crippen molar-refractivity contribution in [3.05, 3.63) is 0 Å². The van der Waals surface area contributed by atoms with Gasteiger partial charge in [-0.25, -0.2) is 0 Å². The zero-order chi connectivity index (χ0) is 9.84. The molecule has 3 heteroatoms. The zero-order valence-electron chi connectivity index (χ0n) is 8.35. The number of alkyl halides is 1. The summed E-state index contributed by atoms with van der Waals surface area (Å²) in [4.78, 5) is 11.4. The highest BCUT2D eigenvalue weighted by molar-refractivity contribution is 6.17. The largest absolute Gasteiger partial charge is 0.353 e. The number of halogens is 1. The molecule has 0 saturated heterocycles. The normalized spacial score (nSPS) is 18.8. The van der Waals surface area contributed by atoms with Crippen molar-refractivity contribution in [2.24, 2.45) is 11.8 Å². The van der Waals surface area contributed by atoms with Gasteiger partial charge < -0.3 is 5.32 Å². The van der Waals surface area contributed by atoms with Crippen LogP contribution in [-0.4, -0.2) is 17.8 Å². The third-order valence-electron chi connectivity index (χ3n) is 2.50. The van der Waals surface area contributed by atoms with Gasteiger partial charge in [0.25, 0.3) is 0 Å². The van der Waals surface area contributed by atoms with Crippen molar-refractivity contribution in [1.29, 1.82) is 0 Å². The van der Waals surface area contributed by atoms with E-state index in [1.54, 1.807) is 0 Å². The van der Waals surface area contributed by atoms with Crippen LogP contribution < -0.4 is 5.32 Å². The van der Waals surface area contributed by atoms with Crippen LogP contribution in [0.15, 0.2) is 0 Å². The number of hydrogen-bond acceptors (Lipinski definition) is 1. The lowest BCUT2D eigenvalue weighted by atomic mass is 10.0. The molecule has 0 radical (unpaired) electrons. The molecule has 0 heterocycles. The Bertz CT molecular complexity index is 178. The highest BCUT2D eigenvalue weighted by atomic mass is 35.5. The summed E-state index contributed by atoms with van der Waals surface area (Å²) in [5, 5.41) is 3.06. The summed E-state index contributed by atoms with van der Waals surface area (Å²) in [6, 6.07) is 0.255. The van der Waals surface area contributed by atoms with Crippen LogP contribution >= 0.6 is 11.6 Å². The van der Waals surface area contributed by atoms with Crippen LogP contribution in [0.1, 0.15) is 33.1 Å². The molecule has 1 fully saturated rings. The summed E-state index contributed by atoms with van der Waals surface area (Å²) in [6.45, 7) is 4.23. The Morgan fingerprint density at radius 2 is 2.15 bits per heavy atom. The minimum absolute atomic E-state index is 0.226. The fourth-order valence-electron chi connectivity index (χ4n) is 1.34. The average Bonchev–Trinajstić information content (AvgIpc) is 2.85. The van der Waals surface area contributed by atoms with Gasteiger partial charge in [0.2, 0.25) is 5.91 Å². The fourth-order valence-corrected chi connectivity index (χ4v) is 1.57. The second-order valence-electron chi connectivity index (χ2n) is 4.11. The molecule has 1 aliphatic rings. The van der Waals surface area contributed by atoms with Gasteiger partial charge in [0.05, 0.1) is 0 Å². The highest BCUT2D eigenvalue weighted by Crippen LogP contribution is 2.29. The third kappa shape index (κ3) is 3.55. The molecule has 0 aromatic rings. The molecule has 0 spiro atoms. The van der Waals surface area contributed by atoms with Gasteiger partial charge in [-0.1, -0.05) is 13.8 Å². The van der Waals surface area contributed by atoms with Gasteiger partial charge in [0, 0.05) is 17.8 Å². The first-order chi connectivity index (χ1) is 6.15. The van der Waals surface area contributed by atoms with E-state index in [2.05, 4.69) is 19.2 Å². The van der Waals surface area contributed by atoms with E-state index in [9.17, 15) is 4.79 Å². The minimum Gasteiger partial charge on any atom is -0.353 e. The summed E-state index contributed by atoms with van der Waals surface area (Å²) in [5.74, 6) is 1.62.